The number of hydrogen-bond donors (Lipinski definition) is 1. The van der Waals surface area contributed by atoms with Crippen molar-refractivity contribution in [1.82, 2.24) is 15.0 Å². The van der Waals surface area contributed by atoms with E-state index in [1.54, 1.807) is 0 Å². The largest absolute Gasteiger partial charge is 0.375 e. The van der Waals surface area contributed by atoms with Gasteiger partial charge in [-0.15, -0.1) is 5.10 Å². The standard InChI is InChI=1S/C14H24N4O/c1-13(2,15)12-10-18(17-16-12)11-5-8-19-14(9-11)6-3-4-7-14/h10-11H,3-9,15H2,1-2H3. The van der Waals surface area contributed by atoms with Crippen LogP contribution in [0.4, 0.5) is 0 Å². The lowest BCUT2D eigenvalue weighted by Crippen LogP contribution is -2.38. The first-order valence-electron chi connectivity index (χ1n) is 7.34. The quantitative estimate of drug-likeness (QED) is 0.888. The third kappa shape index (κ3) is 2.54. The third-order valence-corrected chi connectivity index (χ3v) is 4.53. The smallest absolute Gasteiger partial charge is 0.102 e. The summed E-state index contributed by atoms with van der Waals surface area (Å²) in [4.78, 5) is 0. The predicted molar refractivity (Wildman–Crippen MR) is 72.7 cm³/mol. The van der Waals surface area contributed by atoms with Crippen molar-refractivity contribution < 1.29 is 4.74 Å². The Balaban J connectivity index is 1.76. The van der Waals surface area contributed by atoms with Crippen molar-refractivity contribution in [2.45, 2.75) is 69.6 Å². The third-order valence-electron chi connectivity index (χ3n) is 4.53. The van der Waals surface area contributed by atoms with Crippen molar-refractivity contribution in [1.29, 1.82) is 0 Å². The van der Waals surface area contributed by atoms with Gasteiger partial charge in [0.1, 0.15) is 5.69 Å². The first-order valence-corrected chi connectivity index (χ1v) is 7.34. The first kappa shape index (κ1) is 13.1. The summed E-state index contributed by atoms with van der Waals surface area (Å²) in [6, 6.07) is 0.412. The van der Waals surface area contributed by atoms with Crippen LogP contribution in [0.25, 0.3) is 0 Å². The Hall–Kier alpha value is -0.940. The fourth-order valence-electron chi connectivity index (χ4n) is 3.35. The molecule has 106 valence electrons. The molecule has 19 heavy (non-hydrogen) atoms. The zero-order valence-corrected chi connectivity index (χ0v) is 11.9. The summed E-state index contributed by atoms with van der Waals surface area (Å²) >= 11 is 0. The Labute approximate surface area is 114 Å². The molecule has 1 saturated heterocycles. The first-order chi connectivity index (χ1) is 8.99. The average Bonchev–Trinajstić information content (AvgIpc) is 2.98. The van der Waals surface area contributed by atoms with Gasteiger partial charge in [-0.25, -0.2) is 4.68 Å². The predicted octanol–water partition coefficient (Wildman–Crippen LogP) is 2.14. The average molecular weight is 264 g/mol. The van der Waals surface area contributed by atoms with Gasteiger partial charge in [-0.1, -0.05) is 18.1 Å². The Morgan fingerprint density at radius 1 is 1.42 bits per heavy atom. The molecule has 0 radical (unpaired) electrons. The maximum Gasteiger partial charge on any atom is 0.102 e. The molecular formula is C14H24N4O. The van der Waals surface area contributed by atoms with Gasteiger partial charge < -0.3 is 10.5 Å². The lowest BCUT2D eigenvalue weighted by molar-refractivity contribution is -0.0911. The fraction of sp³-hybridized carbons (Fsp3) is 0.857. The highest BCUT2D eigenvalue weighted by Crippen LogP contribution is 2.43. The summed E-state index contributed by atoms with van der Waals surface area (Å²) < 4.78 is 8.07. The number of nitrogens with zero attached hydrogens (tertiary/aromatic N) is 3. The van der Waals surface area contributed by atoms with E-state index in [0.717, 1.165) is 25.1 Å². The van der Waals surface area contributed by atoms with E-state index in [2.05, 4.69) is 10.3 Å². The molecule has 1 aromatic rings. The lowest BCUT2D eigenvalue weighted by atomic mass is 9.89. The minimum absolute atomic E-state index is 0.118. The van der Waals surface area contributed by atoms with Gasteiger partial charge in [0, 0.05) is 6.61 Å². The number of rotatable bonds is 2. The minimum Gasteiger partial charge on any atom is -0.375 e. The Bertz CT molecular complexity index is 443. The van der Waals surface area contributed by atoms with Crippen molar-refractivity contribution in [2.75, 3.05) is 6.61 Å². The van der Waals surface area contributed by atoms with E-state index in [9.17, 15) is 0 Å². The van der Waals surface area contributed by atoms with E-state index in [1.165, 1.54) is 25.7 Å². The van der Waals surface area contributed by atoms with Gasteiger partial charge in [-0.2, -0.15) is 0 Å². The molecule has 1 aliphatic heterocycles. The van der Waals surface area contributed by atoms with Gasteiger partial charge in [-0.3, -0.25) is 0 Å². The van der Waals surface area contributed by atoms with Crippen LogP contribution in [0.3, 0.4) is 0 Å². The second-order valence-electron chi connectivity index (χ2n) is 6.69. The summed E-state index contributed by atoms with van der Waals surface area (Å²) in [5.74, 6) is 0. The molecular weight excluding hydrogens is 240 g/mol. The molecule has 1 unspecified atom stereocenters. The second-order valence-corrected chi connectivity index (χ2v) is 6.69. The van der Waals surface area contributed by atoms with Crippen molar-refractivity contribution in [3.05, 3.63) is 11.9 Å². The highest BCUT2D eigenvalue weighted by Gasteiger charge is 2.40. The molecule has 2 N–H and O–H groups in total. The molecule has 0 bridgehead atoms. The molecule has 5 nitrogen and oxygen atoms in total. The molecule has 0 amide bonds. The van der Waals surface area contributed by atoms with Gasteiger partial charge in [0.25, 0.3) is 0 Å². The Morgan fingerprint density at radius 2 is 2.16 bits per heavy atom. The number of aromatic nitrogens is 3. The molecule has 1 saturated carbocycles. The van der Waals surface area contributed by atoms with Gasteiger partial charge in [-0.05, 0) is 39.5 Å². The van der Waals surface area contributed by atoms with Crippen molar-refractivity contribution >= 4 is 0 Å². The van der Waals surface area contributed by atoms with E-state index in [-0.39, 0.29) is 5.60 Å². The van der Waals surface area contributed by atoms with Crippen LogP contribution in [-0.4, -0.2) is 27.2 Å². The van der Waals surface area contributed by atoms with Crippen LogP contribution in [0.15, 0.2) is 6.20 Å². The lowest BCUT2D eigenvalue weighted by Gasteiger charge is -2.38. The van der Waals surface area contributed by atoms with E-state index in [0.29, 0.717) is 6.04 Å². The normalized spacial score (nSPS) is 27.0. The van der Waals surface area contributed by atoms with E-state index in [4.69, 9.17) is 10.5 Å². The Kier molecular flexibility index (Phi) is 3.14. The minimum atomic E-state index is -0.422. The zero-order valence-electron chi connectivity index (χ0n) is 11.9. The molecule has 5 heteroatoms. The molecule has 2 fully saturated rings. The monoisotopic (exact) mass is 264 g/mol. The van der Waals surface area contributed by atoms with Gasteiger partial charge >= 0.3 is 0 Å². The molecule has 1 spiro atoms. The number of nitrogens with two attached hydrogens (primary N) is 1. The van der Waals surface area contributed by atoms with Crippen molar-refractivity contribution in [3.63, 3.8) is 0 Å². The summed E-state index contributed by atoms with van der Waals surface area (Å²) in [5, 5.41) is 8.52. The number of hydrogen-bond acceptors (Lipinski definition) is 4. The van der Waals surface area contributed by atoms with Crippen LogP contribution in [0.1, 0.15) is 64.1 Å². The summed E-state index contributed by atoms with van der Waals surface area (Å²) in [6.45, 7) is 4.76. The molecule has 0 aromatic carbocycles. The molecule has 2 aliphatic rings. The molecule has 3 rings (SSSR count). The van der Waals surface area contributed by atoms with Crippen LogP contribution >= 0.6 is 0 Å². The molecule has 1 aromatic heterocycles. The maximum absolute atomic E-state index is 6.07. The van der Waals surface area contributed by atoms with E-state index in [1.807, 2.05) is 24.7 Å². The van der Waals surface area contributed by atoms with Crippen LogP contribution in [-0.2, 0) is 10.3 Å². The second kappa shape index (κ2) is 4.56. The molecule has 2 heterocycles. The van der Waals surface area contributed by atoms with Gasteiger partial charge in [0.05, 0.1) is 23.4 Å². The molecule has 1 atom stereocenters. The highest BCUT2D eigenvalue weighted by molar-refractivity contribution is 5.06. The SMILES string of the molecule is CC(C)(N)c1cn(C2CCOC3(CCCC3)C2)nn1. The van der Waals surface area contributed by atoms with Crippen molar-refractivity contribution in [2.24, 2.45) is 5.73 Å². The van der Waals surface area contributed by atoms with E-state index < -0.39 is 5.54 Å². The highest BCUT2D eigenvalue weighted by atomic mass is 16.5. The Morgan fingerprint density at radius 3 is 2.79 bits per heavy atom. The topological polar surface area (TPSA) is 66.0 Å². The van der Waals surface area contributed by atoms with Crippen LogP contribution in [0, 0.1) is 0 Å². The van der Waals surface area contributed by atoms with Crippen LogP contribution in [0.2, 0.25) is 0 Å². The fourth-order valence-corrected chi connectivity index (χ4v) is 3.35. The van der Waals surface area contributed by atoms with Crippen LogP contribution in [0.5, 0.6) is 0 Å². The molecule has 1 aliphatic carbocycles. The van der Waals surface area contributed by atoms with Gasteiger partial charge in [0.2, 0.25) is 0 Å². The van der Waals surface area contributed by atoms with Gasteiger partial charge in [0.15, 0.2) is 0 Å². The van der Waals surface area contributed by atoms with Crippen LogP contribution < -0.4 is 5.73 Å². The van der Waals surface area contributed by atoms with E-state index >= 15 is 0 Å². The number of ether oxygens (including phenoxy) is 1. The van der Waals surface area contributed by atoms with Crippen molar-refractivity contribution in [3.8, 4) is 0 Å². The summed E-state index contributed by atoms with van der Waals surface area (Å²) in [7, 11) is 0. The maximum atomic E-state index is 6.07. The zero-order chi connectivity index (χ0) is 13.5. The summed E-state index contributed by atoms with van der Waals surface area (Å²) in [5.41, 5.74) is 6.63. The summed E-state index contributed by atoms with van der Waals surface area (Å²) in [6.07, 6.45) is 9.10.